The summed E-state index contributed by atoms with van der Waals surface area (Å²) in [4.78, 5) is 0. The summed E-state index contributed by atoms with van der Waals surface area (Å²) in [6.07, 6.45) is 1.28. The minimum absolute atomic E-state index is 0.473. The van der Waals surface area contributed by atoms with E-state index in [2.05, 4.69) is 0 Å². The molecule has 0 fully saturated rings. The third kappa shape index (κ3) is 5.47. The molecule has 0 aliphatic heterocycles. The van der Waals surface area contributed by atoms with E-state index in [0.29, 0.717) is 13.0 Å². The molecule has 0 heterocycles. The Morgan fingerprint density at radius 2 is 2.09 bits per heavy atom. The van der Waals surface area contributed by atoms with Crippen molar-refractivity contribution in [3.05, 3.63) is 0 Å². The first-order chi connectivity index (χ1) is 4.98. The van der Waals surface area contributed by atoms with Gasteiger partial charge >= 0.3 is 0 Å². The molecule has 0 radical (unpaired) electrons. The van der Waals surface area contributed by atoms with Crippen LogP contribution in [-0.2, 0) is 13.8 Å². The minimum atomic E-state index is -3.37. The predicted octanol–water partition coefficient (Wildman–Crippen LogP) is 1.37. The summed E-state index contributed by atoms with van der Waals surface area (Å²) in [5, 5.41) is -0.473. The zero-order valence-electron chi connectivity index (χ0n) is 6.71. The number of ether oxygens (including phenoxy) is 1. The van der Waals surface area contributed by atoms with E-state index in [9.17, 15) is 8.42 Å². The Hall–Kier alpha value is 0.200. The van der Waals surface area contributed by atoms with Gasteiger partial charge in [-0.15, -0.1) is 0 Å². The summed E-state index contributed by atoms with van der Waals surface area (Å²) in [5.41, 5.74) is 0. The van der Waals surface area contributed by atoms with Gasteiger partial charge in [0.15, 0.2) is 0 Å². The summed E-state index contributed by atoms with van der Waals surface area (Å²) in [5.74, 6) is 0. The molecule has 0 aromatic rings. The van der Waals surface area contributed by atoms with Crippen LogP contribution < -0.4 is 0 Å². The van der Waals surface area contributed by atoms with Crippen molar-refractivity contribution in [1.82, 2.24) is 0 Å². The van der Waals surface area contributed by atoms with E-state index < -0.39 is 14.3 Å². The Morgan fingerprint density at radius 1 is 1.55 bits per heavy atom. The number of methoxy groups -OCH3 is 1. The molecule has 1 atom stereocenters. The molecule has 5 heteroatoms. The molecule has 0 aromatic carbocycles. The molecule has 0 aliphatic rings. The minimum Gasteiger partial charge on any atom is -0.385 e. The first-order valence-corrected chi connectivity index (χ1v) is 5.78. The number of halogens is 1. The Labute approximate surface area is 72.1 Å². The van der Waals surface area contributed by atoms with Gasteiger partial charge in [0.25, 0.3) is 0 Å². The highest BCUT2D eigenvalue weighted by atomic mass is 35.7. The van der Waals surface area contributed by atoms with E-state index in [1.807, 2.05) is 0 Å². The monoisotopic (exact) mass is 200 g/mol. The second-order valence-electron chi connectivity index (χ2n) is 2.42. The van der Waals surface area contributed by atoms with Crippen molar-refractivity contribution in [3.63, 3.8) is 0 Å². The van der Waals surface area contributed by atoms with Crippen LogP contribution in [0.2, 0.25) is 0 Å². The van der Waals surface area contributed by atoms with Crippen molar-refractivity contribution < 1.29 is 13.2 Å². The zero-order valence-corrected chi connectivity index (χ0v) is 8.28. The van der Waals surface area contributed by atoms with Crippen LogP contribution in [0, 0.1) is 0 Å². The van der Waals surface area contributed by atoms with Crippen LogP contribution in [0.3, 0.4) is 0 Å². The molecule has 0 saturated carbocycles. The topological polar surface area (TPSA) is 43.4 Å². The van der Waals surface area contributed by atoms with Gasteiger partial charge in [-0.2, -0.15) is 0 Å². The van der Waals surface area contributed by atoms with Crippen LogP contribution in [0.1, 0.15) is 19.8 Å². The predicted molar refractivity (Wildman–Crippen MR) is 45.3 cm³/mol. The van der Waals surface area contributed by atoms with Crippen molar-refractivity contribution in [1.29, 1.82) is 0 Å². The fourth-order valence-corrected chi connectivity index (χ4v) is 1.37. The maximum absolute atomic E-state index is 10.7. The number of hydrogen-bond acceptors (Lipinski definition) is 3. The van der Waals surface area contributed by atoms with Crippen molar-refractivity contribution >= 4 is 19.7 Å². The van der Waals surface area contributed by atoms with Crippen LogP contribution in [0.25, 0.3) is 0 Å². The van der Waals surface area contributed by atoms with Gasteiger partial charge in [-0.1, -0.05) is 0 Å². The molecule has 0 rings (SSSR count). The van der Waals surface area contributed by atoms with Gasteiger partial charge in [0.1, 0.15) is 0 Å². The third-order valence-corrected chi connectivity index (χ3v) is 3.55. The van der Waals surface area contributed by atoms with Gasteiger partial charge in [0, 0.05) is 24.4 Å². The van der Waals surface area contributed by atoms with Gasteiger partial charge in [-0.25, -0.2) is 8.42 Å². The zero-order chi connectivity index (χ0) is 8.91. The van der Waals surface area contributed by atoms with E-state index in [4.69, 9.17) is 15.4 Å². The van der Waals surface area contributed by atoms with Crippen LogP contribution in [0.15, 0.2) is 0 Å². The summed E-state index contributed by atoms with van der Waals surface area (Å²) >= 11 is 0. The molecule has 0 bridgehead atoms. The standard InChI is InChI=1S/C6H13ClO3S/c1-6(11(7,8)9)4-3-5-10-2/h6H,3-5H2,1-2H3. The van der Waals surface area contributed by atoms with Crippen molar-refractivity contribution in [3.8, 4) is 0 Å². The molecule has 0 saturated heterocycles. The largest absolute Gasteiger partial charge is 0.385 e. The average Bonchev–Trinajstić information content (AvgIpc) is 1.86. The van der Waals surface area contributed by atoms with Crippen molar-refractivity contribution in [2.75, 3.05) is 13.7 Å². The summed E-state index contributed by atoms with van der Waals surface area (Å²) in [6.45, 7) is 2.18. The van der Waals surface area contributed by atoms with Crippen molar-refractivity contribution in [2.45, 2.75) is 25.0 Å². The Morgan fingerprint density at radius 3 is 2.45 bits per heavy atom. The van der Waals surface area contributed by atoms with Gasteiger partial charge < -0.3 is 4.74 Å². The number of hydrogen-bond donors (Lipinski definition) is 0. The maximum Gasteiger partial charge on any atom is 0.235 e. The molecule has 11 heavy (non-hydrogen) atoms. The van der Waals surface area contributed by atoms with Gasteiger partial charge in [-0.05, 0) is 19.8 Å². The normalized spacial score (nSPS) is 14.8. The quantitative estimate of drug-likeness (QED) is 0.498. The second-order valence-corrected chi connectivity index (χ2v) is 5.47. The smallest absolute Gasteiger partial charge is 0.235 e. The van der Waals surface area contributed by atoms with Gasteiger partial charge in [0.2, 0.25) is 9.05 Å². The summed E-state index contributed by atoms with van der Waals surface area (Å²) < 4.78 is 26.1. The maximum atomic E-state index is 10.7. The van der Waals surface area contributed by atoms with Crippen LogP contribution in [0.4, 0.5) is 0 Å². The third-order valence-electron chi connectivity index (χ3n) is 1.44. The molecular weight excluding hydrogens is 188 g/mol. The molecule has 0 spiro atoms. The van der Waals surface area contributed by atoms with E-state index in [1.165, 1.54) is 0 Å². The Balaban J connectivity index is 3.62. The van der Waals surface area contributed by atoms with Gasteiger partial charge in [0.05, 0.1) is 5.25 Å². The first-order valence-electron chi connectivity index (χ1n) is 3.41. The average molecular weight is 201 g/mol. The lowest BCUT2D eigenvalue weighted by molar-refractivity contribution is 0.193. The molecule has 0 aliphatic carbocycles. The highest BCUT2D eigenvalue weighted by Crippen LogP contribution is 2.11. The molecule has 3 nitrogen and oxygen atoms in total. The Kier molecular flexibility index (Phi) is 5.04. The first kappa shape index (κ1) is 11.2. The molecule has 68 valence electrons. The lowest BCUT2D eigenvalue weighted by Gasteiger charge is -2.05. The van der Waals surface area contributed by atoms with Crippen molar-refractivity contribution in [2.24, 2.45) is 0 Å². The molecule has 0 aromatic heterocycles. The summed E-state index contributed by atoms with van der Waals surface area (Å²) in [6, 6.07) is 0. The van der Waals surface area contributed by atoms with E-state index in [0.717, 1.165) is 6.42 Å². The highest BCUT2D eigenvalue weighted by Gasteiger charge is 2.16. The fourth-order valence-electron chi connectivity index (χ4n) is 0.656. The lowest BCUT2D eigenvalue weighted by Crippen LogP contribution is -2.12. The second kappa shape index (κ2) is 4.95. The fraction of sp³-hybridized carbons (Fsp3) is 1.00. The molecular formula is C6H13ClO3S. The molecule has 0 N–H and O–H groups in total. The van der Waals surface area contributed by atoms with Crippen LogP contribution >= 0.6 is 10.7 Å². The molecule has 0 amide bonds. The number of rotatable bonds is 5. The molecule has 1 unspecified atom stereocenters. The van der Waals surface area contributed by atoms with Gasteiger partial charge in [-0.3, -0.25) is 0 Å². The van der Waals surface area contributed by atoms with E-state index >= 15 is 0 Å². The SMILES string of the molecule is COCCCC(C)S(=O)(=O)Cl. The lowest BCUT2D eigenvalue weighted by atomic mass is 10.3. The van der Waals surface area contributed by atoms with E-state index in [1.54, 1.807) is 14.0 Å². The van der Waals surface area contributed by atoms with E-state index in [-0.39, 0.29) is 0 Å². The summed E-state index contributed by atoms with van der Waals surface area (Å²) in [7, 11) is 3.31. The van der Waals surface area contributed by atoms with Crippen LogP contribution in [-0.4, -0.2) is 27.4 Å². The Bertz CT molecular complexity index is 188. The van der Waals surface area contributed by atoms with Crippen LogP contribution in [0.5, 0.6) is 0 Å². The highest BCUT2D eigenvalue weighted by molar-refractivity contribution is 8.14.